The van der Waals surface area contributed by atoms with Crippen LogP contribution in [0.3, 0.4) is 0 Å². The molecule has 22 heavy (non-hydrogen) atoms. The first-order chi connectivity index (χ1) is 10.1. The molecule has 0 aliphatic carbocycles. The van der Waals surface area contributed by atoms with Crippen LogP contribution in [-0.2, 0) is 0 Å². The average molecular weight is 308 g/mol. The minimum atomic E-state index is -1.58. The summed E-state index contributed by atoms with van der Waals surface area (Å²) in [5, 5.41) is 36.4. The molecule has 0 saturated carbocycles. The number of hydrogen-bond donors (Lipinski definition) is 1. The lowest BCUT2D eigenvalue weighted by molar-refractivity contribution is -0.394. The maximum absolute atomic E-state index is 12.4. The van der Waals surface area contributed by atoms with Crippen molar-refractivity contribution in [3.8, 4) is 0 Å². The minimum Gasteiger partial charge on any atom is -0.369 e. The fourth-order valence-corrected chi connectivity index (χ4v) is 2.19. The molecule has 1 N–H and O–H groups in total. The second-order valence-electron chi connectivity index (χ2n) is 5.10. The third-order valence-electron chi connectivity index (χ3n) is 3.08. The molecule has 1 aliphatic rings. The number of non-ortho nitro benzene ring substituents is 2. The fraction of sp³-hybridized carbons (Fsp3) is 0.333. The van der Waals surface area contributed by atoms with Gasteiger partial charge in [-0.25, -0.2) is 0 Å². The van der Waals surface area contributed by atoms with Gasteiger partial charge in [-0.15, -0.1) is 0 Å². The van der Waals surface area contributed by atoms with Crippen LogP contribution in [-0.4, -0.2) is 37.3 Å². The van der Waals surface area contributed by atoms with Gasteiger partial charge in [0, 0.05) is 24.3 Å². The molecular formula is C12H12N4O6. The fourth-order valence-electron chi connectivity index (χ4n) is 2.19. The molecule has 1 amide bonds. The summed E-state index contributed by atoms with van der Waals surface area (Å²) >= 11 is 0. The Morgan fingerprint density at radius 2 is 1.77 bits per heavy atom. The molecular weight excluding hydrogens is 296 g/mol. The van der Waals surface area contributed by atoms with Crippen LogP contribution in [0.15, 0.2) is 23.3 Å². The average Bonchev–Trinajstić information content (AvgIpc) is 2.70. The summed E-state index contributed by atoms with van der Waals surface area (Å²) in [5.74, 6) is -0.853. The Hall–Kier alpha value is -2.88. The Bertz CT molecular complexity index is 679. The second kappa shape index (κ2) is 5.15. The lowest BCUT2D eigenvalue weighted by atomic mass is 10.1. The van der Waals surface area contributed by atoms with Crippen molar-refractivity contribution in [2.24, 2.45) is 5.10 Å². The zero-order chi connectivity index (χ0) is 16.7. The van der Waals surface area contributed by atoms with Crippen molar-refractivity contribution in [2.45, 2.75) is 26.0 Å². The van der Waals surface area contributed by atoms with Crippen LogP contribution in [0.5, 0.6) is 0 Å². The largest absolute Gasteiger partial charge is 0.369 e. The Labute approximate surface area is 124 Å². The van der Waals surface area contributed by atoms with Crippen molar-refractivity contribution < 1.29 is 19.7 Å². The number of benzene rings is 1. The van der Waals surface area contributed by atoms with E-state index in [0.717, 1.165) is 23.2 Å². The van der Waals surface area contributed by atoms with Crippen molar-refractivity contribution in [1.29, 1.82) is 0 Å². The van der Waals surface area contributed by atoms with Gasteiger partial charge in [-0.2, -0.15) is 10.1 Å². The van der Waals surface area contributed by atoms with Crippen LogP contribution >= 0.6 is 0 Å². The van der Waals surface area contributed by atoms with E-state index < -0.39 is 32.9 Å². The van der Waals surface area contributed by atoms with E-state index in [1.54, 1.807) is 6.92 Å². The van der Waals surface area contributed by atoms with Gasteiger partial charge in [-0.05, 0) is 13.8 Å². The molecule has 2 rings (SSSR count). The quantitative estimate of drug-likeness (QED) is 0.661. The van der Waals surface area contributed by atoms with Crippen molar-refractivity contribution in [2.75, 3.05) is 0 Å². The third-order valence-corrected chi connectivity index (χ3v) is 3.08. The predicted molar refractivity (Wildman–Crippen MR) is 74.3 cm³/mol. The van der Waals surface area contributed by atoms with Gasteiger partial charge in [0.05, 0.1) is 21.5 Å². The highest BCUT2D eigenvalue weighted by Crippen LogP contribution is 2.29. The molecule has 10 heteroatoms. The summed E-state index contributed by atoms with van der Waals surface area (Å²) in [5.41, 5.74) is -2.55. The van der Waals surface area contributed by atoms with E-state index in [-0.39, 0.29) is 12.0 Å². The van der Waals surface area contributed by atoms with E-state index in [9.17, 15) is 30.1 Å². The first-order valence-corrected chi connectivity index (χ1v) is 6.17. The van der Waals surface area contributed by atoms with Crippen LogP contribution in [0.2, 0.25) is 0 Å². The summed E-state index contributed by atoms with van der Waals surface area (Å²) < 4.78 is 0. The molecule has 0 bridgehead atoms. The number of nitro benzene ring substituents is 2. The molecule has 1 unspecified atom stereocenters. The molecule has 0 aromatic heterocycles. The van der Waals surface area contributed by atoms with Gasteiger partial charge < -0.3 is 5.11 Å². The van der Waals surface area contributed by atoms with E-state index in [1.165, 1.54) is 6.92 Å². The standard InChI is InChI=1S/C12H12N4O6/c1-7-6-12(2,18)14(13-7)11(17)8-3-9(15(19)20)5-10(4-8)16(21)22/h3-5,18H,6H2,1-2H3. The van der Waals surface area contributed by atoms with Crippen LogP contribution in [0.25, 0.3) is 0 Å². The number of aliphatic hydroxyl groups is 1. The van der Waals surface area contributed by atoms with E-state index in [4.69, 9.17) is 0 Å². The first kappa shape index (κ1) is 15.5. The molecule has 1 aromatic carbocycles. The highest BCUT2D eigenvalue weighted by molar-refractivity contribution is 5.98. The lowest BCUT2D eigenvalue weighted by Crippen LogP contribution is -2.43. The summed E-state index contributed by atoms with van der Waals surface area (Å²) in [6.45, 7) is 2.97. The molecule has 1 atom stereocenters. The molecule has 0 spiro atoms. The van der Waals surface area contributed by atoms with Crippen LogP contribution < -0.4 is 0 Å². The van der Waals surface area contributed by atoms with Crippen LogP contribution in [0.4, 0.5) is 11.4 Å². The highest BCUT2D eigenvalue weighted by atomic mass is 16.6. The monoisotopic (exact) mass is 308 g/mol. The van der Waals surface area contributed by atoms with Crippen molar-refractivity contribution in [3.05, 3.63) is 44.0 Å². The maximum atomic E-state index is 12.4. The minimum absolute atomic E-state index is 0.121. The SMILES string of the molecule is CC1=NN(C(=O)c2cc([N+](=O)[O-])cc([N+](=O)[O-])c2)C(C)(O)C1. The Kier molecular flexibility index (Phi) is 3.63. The number of rotatable bonds is 3. The lowest BCUT2D eigenvalue weighted by Gasteiger charge is -2.26. The number of hydrogen-bond acceptors (Lipinski definition) is 7. The van der Waals surface area contributed by atoms with Gasteiger partial charge in [0.25, 0.3) is 17.3 Å². The number of carbonyl (C=O) groups is 1. The molecule has 116 valence electrons. The van der Waals surface area contributed by atoms with Crippen LogP contribution in [0.1, 0.15) is 30.6 Å². The highest BCUT2D eigenvalue weighted by Gasteiger charge is 2.40. The Balaban J connectivity index is 2.50. The normalized spacial score (nSPS) is 20.7. The van der Waals surface area contributed by atoms with E-state index >= 15 is 0 Å². The molecule has 1 aromatic rings. The van der Waals surface area contributed by atoms with E-state index in [0.29, 0.717) is 5.71 Å². The van der Waals surface area contributed by atoms with E-state index in [1.807, 2.05) is 0 Å². The molecule has 10 nitrogen and oxygen atoms in total. The van der Waals surface area contributed by atoms with Gasteiger partial charge in [-0.1, -0.05) is 0 Å². The van der Waals surface area contributed by atoms with Gasteiger partial charge in [-0.3, -0.25) is 25.0 Å². The zero-order valence-corrected chi connectivity index (χ0v) is 11.7. The summed E-state index contributed by atoms with van der Waals surface area (Å²) in [7, 11) is 0. The van der Waals surface area contributed by atoms with Gasteiger partial charge in [0.15, 0.2) is 5.72 Å². The third kappa shape index (κ3) is 2.76. The van der Waals surface area contributed by atoms with Crippen molar-refractivity contribution in [1.82, 2.24) is 5.01 Å². The maximum Gasteiger partial charge on any atom is 0.277 e. The molecule has 0 saturated heterocycles. The Morgan fingerprint density at radius 3 is 2.14 bits per heavy atom. The van der Waals surface area contributed by atoms with Crippen molar-refractivity contribution >= 4 is 23.0 Å². The van der Waals surface area contributed by atoms with Crippen molar-refractivity contribution in [3.63, 3.8) is 0 Å². The first-order valence-electron chi connectivity index (χ1n) is 6.17. The zero-order valence-electron chi connectivity index (χ0n) is 11.7. The number of nitrogens with zero attached hydrogens (tertiary/aromatic N) is 4. The van der Waals surface area contributed by atoms with Gasteiger partial charge in [0.1, 0.15) is 0 Å². The van der Waals surface area contributed by atoms with Gasteiger partial charge in [0.2, 0.25) is 0 Å². The molecule has 1 aliphatic heterocycles. The van der Waals surface area contributed by atoms with E-state index in [2.05, 4.69) is 5.10 Å². The summed E-state index contributed by atoms with van der Waals surface area (Å²) in [6, 6.07) is 2.58. The smallest absolute Gasteiger partial charge is 0.277 e. The Morgan fingerprint density at radius 1 is 1.27 bits per heavy atom. The summed E-state index contributed by atoms with van der Waals surface area (Å²) in [4.78, 5) is 32.4. The second-order valence-corrected chi connectivity index (χ2v) is 5.10. The van der Waals surface area contributed by atoms with Gasteiger partial charge >= 0.3 is 0 Å². The number of amides is 1. The predicted octanol–water partition coefficient (Wildman–Crippen LogP) is 1.43. The number of hydrazone groups is 1. The summed E-state index contributed by atoms with van der Waals surface area (Å²) in [6.07, 6.45) is 0.121. The topological polar surface area (TPSA) is 139 Å². The molecule has 0 radical (unpaired) electrons. The molecule has 0 fully saturated rings. The molecule has 1 heterocycles. The number of carbonyl (C=O) groups excluding carboxylic acids is 1. The van der Waals surface area contributed by atoms with Crippen LogP contribution in [0, 0.1) is 20.2 Å². The number of nitro groups is 2.